The molecule has 2 unspecified atom stereocenters. The number of carbonyl (C=O) groups excluding carboxylic acids is 1. The maximum atomic E-state index is 15.0. The number of hydrogen-bond acceptors (Lipinski definition) is 4. The molecular weight excluding hydrogens is 429 g/mol. The smallest absolute Gasteiger partial charge is 0.248 e. The standard InChI is InChI=1S/C25H31ClFN3O2/c1-5-6-7-20-23(18-10-8-17(2)9-11-18)29-30(22-13-12-19(26)16-21(22)27)25(20,3)24(31)28-14-15-32-4/h8-13,16,20H,5-7,14-15H2,1-4H3,(H,28,31). The molecule has 0 aromatic heterocycles. The zero-order valence-electron chi connectivity index (χ0n) is 19.1. The molecule has 0 saturated heterocycles. The van der Waals surface area contributed by atoms with Crippen LogP contribution in [0.2, 0.25) is 5.02 Å². The second kappa shape index (κ2) is 10.5. The minimum atomic E-state index is -1.11. The van der Waals surface area contributed by atoms with E-state index in [1.165, 1.54) is 11.1 Å². The summed E-state index contributed by atoms with van der Waals surface area (Å²) in [4.78, 5) is 13.6. The van der Waals surface area contributed by atoms with E-state index in [1.54, 1.807) is 19.2 Å². The number of nitrogens with one attached hydrogen (secondary N) is 1. The second-order valence-electron chi connectivity index (χ2n) is 8.35. The number of halogens is 2. The lowest BCUT2D eigenvalue weighted by Gasteiger charge is -2.37. The van der Waals surface area contributed by atoms with Crippen LogP contribution in [0.3, 0.4) is 0 Å². The van der Waals surface area contributed by atoms with Crippen LogP contribution >= 0.6 is 11.6 Å². The number of carbonyl (C=O) groups is 1. The molecule has 0 saturated carbocycles. The van der Waals surface area contributed by atoms with Gasteiger partial charge in [0.2, 0.25) is 5.91 Å². The monoisotopic (exact) mass is 459 g/mol. The number of benzene rings is 2. The Labute approximate surface area is 194 Å². The predicted octanol–water partition coefficient (Wildman–Crippen LogP) is 5.34. The number of methoxy groups -OCH3 is 1. The summed E-state index contributed by atoms with van der Waals surface area (Å²) >= 11 is 5.99. The van der Waals surface area contributed by atoms with Crippen molar-refractivity contribution in [1.82, 2.24) is 5.32 Å². The number of rotatable bonds is 9. The summed E-state index contributed by atoms with van der Waals surface area (Å²) in [6, 6.07) is 12.5. The average molecular weight is 460 g/mol. The van der Waals surface area contributed by atoms with Crippen molar-refractivity contribution in [3.8, 4) is 0 Å². The number of anilines is 1. The molecule has 32 heavy (non-hydrogen) atoms. The molecule has 2 atom stereocenters. The van der Waals surface area contributed by atoms with Crippen LogP contribution in [0.25, 0.3) is 0 Å². The van der Waals surface area contributed by atoms with Crippen LogP contribution in [0.4, 0.5) is 10.1 Å². The molecule has 0 spiro atoms. The molecule has 172 valence electrons. The summed E-state index contributed by atoms with van der Waals surface area (Å²) in [5.74, 6) is -0.949. The molecule has 1 heterocycles. The number of hydrazone groups is 1. The van der Waals surface area contributed by atoms with Crippen LogP contribution in [-0.4, -0.2) is 37.4 Å². The van der Waals surface area contributed by atoms with Crippen LogP contribution in [0.1, 0.15) is 44.2 Å². The minimum Gasteiger partial charge on any atom is -0.383 e. The SMILES string of the molecule is CCCCC1C(c2ccc(C)cc2)=NN(c2ccc(Cl)cc2F)C1(C)C(=O)NCCOC. The highest BCUT2D eigenvalue weighted by molar-refractivity contribution is 6.30. The van der Waals surface area contributed by atoms with Crippen molar-refractivity contribution >= 4 is 28.9 Å². The summed E-state index contributed by atoms with van der Waals surface area (Å²) in [6.45, 7) is 6.74. The molecule has 3 rings (SSSR count). The Balaban J connectivity index is 2.13. The van der Waals surface area contributed by atoms with Gasteiger partial charge in [0.05, 0.1) is 18.0 Å². The number of nitrogens with zero attached hydrogens (tertiary/aromatic N) is 2. The summed E-state index contributed by atoms with van der Waals surface area (Å²) in [5.41, 5.74) is 1.97. The van der Waals surface area contributed by atoms with Gasteiger partial charge < -0.3 is 10.1 Å². The summed E-state index contributed by atoms with van der Waals surface area (Å²) in [6.07, 6.45) is 2.66. The molecule has 0 aliphatic carbocycles. The first-order chi connectivity index (χ1) is 15.3. The van der Waals surface area contributed by atoms with Gasteiger partial charge in [0, 0.05) is 24.6 Å². The van der Waals surface area contributed by atoms with Gasteiger partial charge in [0.1, 0.15) is 11.4 Å². The number of unbranched alkanes of at least 4 members (excludes halogenated alkanes) is 1. The first-order valence-corrected chi connectivity index (χ1v) is 11.4. The topological polar surface area (TPSA) is 53.9 Å². The maximum absolute atomic E-state index is 15.0. The molecule has 2 aromatic rings. The zero-order valence-corrected chi connectivity index (χ0v) is 19.9. The lowest BCUT2D eigenvalue weighted by atomic mass is 9.77. The Hall–Kier alpha value is -2.44. The summed E-state index contributed by atoms with van der Waals surface area (Å²) in [5, 5.41) is 9.65. The normalized spacial score (nSPS) is 20.4. The molecule has 1 amide bonds. The van der Waals surface area contributed by atoms with Crippen LogP contribution in [0, 0.1) is 18.7 Å². The Morgan fingerprint density at radius 3 is 2.62 bits per heavy atom. The molecule has 2 aromatic carbocycles. The molecule has 7 heteroatoms. The van der Waals surface area contributed by atoms with Gasteiger partial charge in [0.25, 0.3) is 0 Å². The van der Waals surface area contributed by atoms with E-state index in [4.69, 9.17) is 21.4 Å². The van der Waals surface area contributed by atoms with Crippen LogP contribution < -0.4 is 10.3 Å². The Bertz CT molecular complexity index is 980. The maximum Gasteiger partial charge on any atom is 0.248 e. The van der Waals surface area contributed by atoms with Crippen molar-refractivity contribution in [2.24, 2.45) is 11.0 Å². The van der Waals surface area contributed by atoms with Crippen molar-refractivity contribution in [2.75, 3.05) is 25.3 Å². The van der Waals surface area contributed by atoms with Gasteiger partial charge in [-0.25, -0.2) is 9.40 Å². The molecular formula is C25H31ClFN3O2. The molecule has 0 fully saturated rings. The van der Waals surface area contributed by atoms with Gasteiger partial charge in [-0.1, -0.05) is 61.2 Å². The van der Waals surface area contributed by atoms with Crippen LogP contribution in [0.15, 0.2) is 47.6 Å². The first kappa shape index (κ1) is 24.2. The third-order valence-corrected chi connectivity index (χ3v) is 6.27. The van der Waals surface area contributed by atoms with Crippen molar-refractivity contribution in [3.05, 3.63) is 64.4 Å². The van der Waals surface area contributed by atoms with E-state index < -0.39 is 11.4 Å². The molecule has 1 aliphatic rings. The average Bonchev–Trinajstić information content (AvgIpc) is 3.06. The summed E-state index contributed by atoms with van der Waals surface area (Å²) < 4.78 is 20.1. The highest BCUT2D eigenvalue weighted by atomic mass is 35.5. The second-order valence-corrected chi connectivity index (χ2v) is 8.79. The van der Waals surface area contributed by atoms with Crippen LogP contribution in [0.5, 0.6) is 0 Å². The van der Waals surface area contributed by atoms with E-state index in [9.17, 15) is 4.79 Å². The van der Waals surface area contributed by atoms with Gasteiger partial charge in [-0.05, 0) is 44.0 Å². The van der Waals surface area contributed by atoms with Crippen molar-refractivity contribution < 1.29 is 13.9 Å². The number of aryl methyl sites for hydroxylation is 1. The molecule has 0 bridgehead atoms. The first-order valence-electron chi connectivity index (χ1n) is 11.0. The van der Waals surface area contributed by atoms with Crippen molar-refractivity contribution in [1.29, 1.82) is 0 Å². The van der Waals surface area contributed by atoms with E-state index in [1.807, 2.05) is 38.1 Å². The molecule has 0 radical (unpaired) electrons. The van der Waals surface area contributed by atoms with E-state index in [2.05, 4.69) is 12.2 Å². The zero-order chi connectivity index (χ0) is 23.3. The minimum absolute atomic E-state index is 0.212. The molecule has 1 N–H and O–H groups in total. The Morgan fingerprint density at radius 1 is 1.28 bits per heavy atom. The largest absolute Gasteiger partial charge is 0.383 e. The lowest BCUT2D eigenvalue weighted by molar-refractivity contribution is -0.127. The predicted molar refractivity (Wildman–Crippen MR) is 128 cm³/mol. The lowest BCUT2D eigenvalue weighted by Crippen LogP contribution is -2.58. The van der Waals surface area contributed by atoms with Gasteiger partial charge in [-0.15, -0.1) is 0 Å². The number of hydrogen-bond donors (Lipinski definition) is 1. The van der Waals surface area contributed by atoms with Crippen LogP contribution in [-0.2, 0) is 9.53 Å². The summed E-state index contributed by atoms with van der Waals surface area (Å²) in [7, 11) is 1.58. The molecule has 1 aliphatic heterocycles. The fourth-order valence-electron chi connectivity index (χ4n) is 4.16. The Morgan fingerprint density at radius 2 is 2.00 bits per heavy atom. The quantitative estimate of drug-likeness (QED) is 0.515. The van der Waals surface area contributed by atoms with E-state index in [0.29, 0.717) is 18.2 Å². The highest BCUT2D eigenvalue weighted by Gasteiger charge is 2.53. The van der Waals surface area contributed by atoms with Gasteiger partial charge in [-0.3, -0.25) is 4.79 Å². The number of amides is 1. The fraction of sp³-hybridized carbons (Fsp3) is 0.440. The van der Waals surface area contributed by atoms with Gasteiger partial charge in [0.15, 0.2) is 0 Å². The van der Waals surface area contributed by atoms with Crippen molar-refractivity contribution in [3.63, 3.8) is 0 Å². The van der Waals surface area contributed by atoms with Crippen molar-refractivity contribution in [2.45, 2.75) is 45.6 Å². The van der Waals surface area contributed by atoms with E-state index in [0.717, 1.165) is 36.1 Å². The van der Waals surface area contributed by atoms with E-state index >= 15 is 4.39 Å². The highest BCUT2D eigenvalue weighted by Crippen LogP contribution is 2.42. The number of ether oxygens (including phenoxy) is 1. The molecule has 5 nitrogen and oxygen atoms in total. The van der Waals surface area contributed by atoms with Gasteiger partial charge >= 0.3 is 0 Å². The van der Waals surface area contributed by atoms with Gasteiger partial charge in [-0.2, -0.15) is 5.10 Å². The Kier molecular flexibility index (Phi) is 7.91. The third-order valence-electron chi connectivity index (χ3n) is 6.04. The fourth-order valence-corrected chi connectivity index (χ4v) is 4.32. The van der Waals surface area contributed by atoms with E-state index in [-0.39, 0.29) is 17.5 Å². The third kappa shape index (κ3) is 4.81.